The van der Waals surface area contributed by atoms with Crippen LogP contribution in [0, 0.1) is 0 Å². The fourth-order valence-electron chi connectivity index (χ4n) is 2.37. The van der Waals surface area contributed by atoms with Crippen molar-refractivity contribution in [2.45, 2.75) is 58.3 Å². The number of carboxylic acids is 1. The lowest BCUT2D eigenvalue weighted by Gasteiger charge is -2.02. The standard InChI is InChI=1S/C19H26O4/c1-2-3-4-5-6-7-8-9-10-11-17(20)15-12-13-18(21)16(14-15)19(22)23/h10-14,21H,2-9H2,1H3,(H,22,23). The minimum Gasteiger partial charge on any atom is -0.507 e. The molecule has 23 heavy (non-hydrogen) atoms. The number of aromatic carboxylic acids is 1. The van der Waals surface area contributed by atoms with Gasteiger partial charge in [-0.25, -0.2) is 4.79 Å². The number of phenols is 1. The summed E-state index contributed by atoms with van der Waals surface area (Å²) in [6, 6.07) is 3.88. The number of ketones is 1. The zero-order valence-electron chi connectivity index (χ0n) is 13.8. The minimum atomic E-state index is -1.25. The van der Waals surface area contributed by atoms with E-state index in [1.54, 1.807) is 0 Å². The molecule has 0 unspecified atom stereocenters. The monoisotopic (exact) mass is 318 g/mol. The van der Waals surface area contributed by atoms with Crippen molar-refractivity contribution >= 4 is 11.8 Å². The van der Waals surface area contributed by atoms with Crippen LogP contribution in [0.1, 0.15) is 79.0 Å². The van der Waals surface area contributed by atoms with Gasteiger partial charge < -0.3 is 10.2 Å². The van der Waals surface area contributed by atoms with Crippen molar-refractivity contribution in [3.63, 3.8) is 0 Å². The zero-order chi connectivity index (χ0) is 17.1. The molecule has 0 amide bonds. The number of benzene rings is 1. The molecule has 0 radical (unpaired) electrons. The Balaban J connectivity index is 2.36. The van der Waals surface area contributed by atoms with E-state index >= 15 is 0 Å². The van der Waals surface area contributed by atoms with E-state index in [1.807, 2.05) is 6.08 Å². The van der Waals surface area contributed by atoms with Gasteiger partial charge in [-0.15, -0.1) is 0 Å². The number of allylic oxidation sites excluding steroid dienone is 2. The summed E-state index contributed by atoms with van der Waals surface area (Å²) in [5.41, 5.74) is 0.0207. The van der Waals surface area contributed by atoms with Crippen molar-refractivity contribution in [3.05, 3.63) is 41.5 Å². The molecule has 0 spiro atoms. The van der Waals surface area contributed by atoms with Crippen LogP contribution in [-0.4, -0.2) is 22.0 Å². The van der Waals surface area contributed by atoms with Gasteiger partial charge in [-0.1, -0.05) is 51.5 Å². The fourth-order valence-corrected chi connectivity index (χ4v) is 2.37. The van der Waals surface area contributed by atoms with E-state index in [2.05, 4.69) is 6.92 Å². The van der Waals surface area contributed by atoms with Crippen LogP contribution in [0.4, 0.5) is 0 Å². The van der Waals surface area contributed by atoms with E-state index in [0.29, 0.717) is 0 Å². The molecule has 1 aromatic rings. The van der Waals surface area contributed by atoms with Crippen molar-refractivity contribution < 1.29 is 19.8 Å². The Labute approximate surface area is 137 Å². The van der Waals surface area contributed by atoms with E-state index in [4.69, 9.17) is 5.11 Å². The Kier molecular flexibility index (Phi) is 8.73. The van der Waals surface area contributed by atoms with Crippen molar-refractivity contribution in [1.29, 1.82) is 0 Å². The van der Waals surface area contributed by atoms with Crippen molar-refractivity contribution in [3.8, 4) is 5.75 Å². The quantitative estimate of drug-likeness (QED) is 0.343. The number of rotatable bonds is 11. The van der Waals surface area contributed by atoms with Gasteiger partial charge in [0, 0.05) is 5.56 Å². The fraction of sp³-hybridized carbons (Fsp3) is 0.474. The molecule has 2 N–H and O–H groups in total. The number of unbranched alkanes of at least 4 members (excludes halogenated alkanes) is 7. The summed E-state index contributed by atoms with van der Waals surface area (Å²) in [6.45, 7) is 2.20. The predicted octanol–water partition coefficient (Wildman–Crippen LogP) is 4.97. The third kappa shape index (κ3) is 7.13. The topological polar surface area (TPSA) is 74.6 Å². The number of hydrogen-bond acceptors (Lipinski definition) is 3. The van der Waals surface area contributed by atoms with E-state index < -0.39 is 5.97 Å². The third-order valence-corrected chi connectivity index (χ3v) is 3.76. The van der Waals surface area contributed by atoms with Gasteiger partial charge in [-0.05, 0) is 37.1 Å². The van der Waals surface area contributed by atoms with Gasteiger partial charge in [0.15, 0.2) is 5.78 Å². The maximum absolute atomic E-state index is 12.0. The highest BCUT2D eigenvalue weighted by atomic mass is 16.4. The molecule has 0 aliphatic carbocycles. The molecule has 0 saturated carbocycles. The van der Waals surface area contributed by atoms with Gasteiger partial charge >= 0.3 is 5.97 Å². The smallest absolute Gasteiger partial charge is 0.339 e. The van der Waals surface area contributed by atoms with Crippen molar-refractivity contribution in [2.24, 2.45) is 0 Å². The average molecular weight is 318 g/mol. The first-order valence-electron chi connectivity index (χ1n) is 8.33. The Bertz CT molecular complexity index is 546. The highest BCUT2D eigenvalue weighted by Gasteiger charge is 2.12. The average Bonchev–Trinajstić information content (AvgIpc) is 2.53. The lowest BCUT2D eigenvalue weighted by molar-refractivity contribution is 0.0693. The van der Waals surface area contributed by atoms with Gasteiger partial charge in [0.05, 0.1) is 0 Å². The largest absolute Gasteiger partial charge is 0.507 e. The molecular weight excluding hydrogens is 292 g/mol. The SMILES string of the molecule is CCCCCCCCCC=CC(=O)c1ccc(O)c(C(=O)O)c1. The molecule has 4 heteroatoms. The second-order valence-corrected chi connectivity index (χ2v) is 5.71. The number of carbonyl (C=O) groups is 2. The van der Waals surface area contributed by atoms with E-state index in [-0.39, 0.29) is 22.7 Å². The van der Waals surface area contributed by atoms with Crippen LogP contribution in [0.15, 0.2) is 30.4 Å². The van der Waals surface area contributed by atoms with Gasteiger partial charge in [-0.2, -0.15) is 0 Å². The second-order valence-electron chi connectivity index (χ2n) is 5.71. The summed E-state index contributed by atoms with van der Waals surface area (Å²) in [5, 5.41) is 18.4. The first-order chi connectivity index (χ1) is 11.1. The maximum atomic E-state index is 12.0. The summed E-state index contributed by atoms with van der Waals surface area (Å²) in [6.07, 6.45) is 12.8. The van der Waals surface area contributed by atoms with Gasteiger partial charge in [0.1, 0.15) is 11.3 Å². The maximum Gasteiger partial charge on any atom is 0.339 e. The highest BCUT2D eigenvalue weighted by Crippen LogP contribution is 2.19. The van der Waals surface area contributed by atoms with Gasteiger partial charge in [0.2, 0.25) is 0 Å². The molecule has 0 bridgehead atoms. The van der Waals surface area contributed by atoms with E-state index in [9.17, 15) is 14.7 Å². The van der Waals surface area contributed by atoms with Crippen LogP contribution in [0.5, 0.6) is 5.75 Å². The van der Waals surface area contributed by atoms with Crippen molar-refractivity contribution in [2.75, 3.05) is 0 Å². The predicted molar refractivity (Wildman–Crippen MR) is 91.1 cm³/mol. The molecular formula is C19H26O4. The lowest BCUT2D eigenvalue weighted by Crippen LogP contribution is -2.01. The van der Waals surface area contributed by atoms with Crippen molar-refractivity contribution in [1.82, 2.24) is 0 Å². The molecule has 0 heterocycles. The lowest BCUT2D eigenvalue weighted by atomic mass is 10.0. The first-order valence-corrected chi connectivity index (χ1v) is 8.33. The number of carboxylic acid groups (broad SMARTS) is 1. The van der Waals surface area contributed by atoms with Crippen LogP contribution < -0.4 is 0 Å². The molecule has 0 aromatic heterocycles. The summed E-state index contributed by atoms with van der Waals surface area (Å²) >= 11 is 0. The first kappa shape index (κ1) is 18.9. The molecule has 0 saturated heterocycles. The summed E-state index contributed by atoms with van der Waals surface area (Å²) in [7, 11) is 0. The summed E-state index contributed by atoms with van der Waals surface area (Å²) in [4.78, 5) is 22.9. The number of hydrogen-bond donors (Lipinski definition) is 2. The minimum absolute atomic E-state index is 0.240. The number of aromatic hydroxyl groups is 1. The third-order valence-electron chi connectivity index (χ3n) is 3.76. The molecule has 4 nitrogen and oxygen atoms in total. The molecule has 1 rings (SSSR count). The molecule has 0 aliphatic rings. The van der Waals surface area contributed by atoms with Crippen LogP contribution >= 0.6 is 0 Å². The number of carbonyl (C=O) groups excluding carboxylic acids is 1. The molecule has 0 aliphatic heterocycles. The Morgan fingerprint density at radius 3 is 2.35 bits per heavy atom. The molecule has 1 aromatic carbocycles. The van der Waals surface area contributed by atoms with Crippen LogP contribution in [0.25, 0.3) is 0 Å². The Morgan fingerprint density at radius 1 is 1.04 bits per heavy atom. The van der Waals surface area contributed by atoms with Gasteiger partial charge in [-0.3, -0.25) is 4.79 Å². The zero-order valence-corrected chi connectivity index (χ0v) is 13.8. The molecule has 126 valence electrons. The summed E-state index contributed by atoms with van der Waals surface area (Å²) in [5.74, 6) is -1.82. The Hall–Kier alpha value is -2.10. The van der Waals surface area contributed by atoms with Crippen LogP contribution in [0.3, 0.4) is 0 Å². The molecule has 0 atom stereocenters. The molecule has 0 fully saturated rings. The Morgan fingerprint density at radius 2 is 1.70 bits per heavy atom. The highest BCUT2D eigenvalue weighted by molar-refractivity contribution is 6.06. The normalized spacial score (nSPS) is 11.0. The van der Waals surface area contributed by atoms with Gasteiger partial charge in [0.25, 0.3) is 0 Å². The van der Waals surface area contributed by atoms with E-state index in [0.717, 1.165) is 12.8 Å². The van der Waals surface area contributed by atoms with Crippen LogP contribution in [-0.2, 0) is 0 Å². The second kappa shape index (κ2) is 10.6. The summed E-state index contributed by atoms with van der Waals surface area (Å²) < 4.78 is 0. The van der Waals surface area contributed by atoms with Crippen LogP contribution in [0.2, 0.25) is 0 Å². The van der Waals surface area contributed by atoms with E-state index in [1.165, 1.54) is 62.8 Å².